The third kappa shape index (κ3) is 2.86. The lowest BCUT2D eigenvalue weighted by molar-refractivity contribution is -0.0138. The van der Waals surface area contributed by atoms with Gasteiger partial charge in [-0.15, -0.1) is 0 Å². The van der Waals surface area contributed by atoms with Crippen molar-refractivity contribution in [1.29, 1.82) is 0 Å². The van der Waals surface area contributed by atoms with Crippen molar-refractivity contribution in [3.63, 3.8) is 0 Å². The largest absolute Gasteiger partial charge is 0.328 e. The predicted molar refractivity (Wildman–Crippen MR) is 74.8 cm³/mol. The van der Waals surface area contributed by atoms with E-state index in [1.54, 1.807) is 0 Å². The monoisotopic (exact) mass is 237 g/mol. The highest BCUT2D eigenvalue weighted by Gasteiger charge is 2.45. The molecule has 2 fully saturated rings. The summed E-state index contributed by atoms with van der Waals surface area (Å²) in [5.74, 6) is 3.71. The van der Waals surface area contributed by atoms with Gasteiger partial charge in [0.25, 0.3) is 0 Å². The summed E-state index contributed by atoms with van der Waals surface area (Å²) in [6.07, 6.45) is 8.20. The first-order valence-corrected chi connectivity index (χ1v) is 7.68. The Bertz CT molecular complexity index is 248. The van der Waals surface area contributed by atoms with E-state index in [4.69, 9.17) is 5.73 Å². The topological polar surface area (TPSA) is 26.0 Å². The quantitative estimate of drug-likeness (QED) is 0.765. The molecule has 100 valence electrons. The molecule has 0 aromatic heterocycles. The molecule has 2 aliphatic carbocycles. The molecule has 0 radical (unpaired) electrons. The maximum absolute atomic E-state index is 6.24. The van der Waals surface area contributed by atoms with Crippen LogP contribution >= 0.6 is 0 Å². The van der Waals surface area contributed by atoms with Crippen molar-refractivity contribution in [3.05, 3.63) is 0 Å². The van der Waals surface area contributed by atoms with Crippen molar-refractivity contribution in [1.82, 2.24) is 0 Å². The van der Waals surface area contributed by atoms with Gasteiger partial charge in [0.2, 0.25) is 0 Å². The zero-order valence-electron chi connectivity index (χ0n) is 12.2. The first-order valence-electron chi connectivity index (χ1n) is 7.68. The van der Waals surface area contributed by atoms with E-state index in [9.17, 15) is 0 Å². The second kappa shape index (κ2) is 4.91. The molecule has 2 N–H and O–H groups in total. The van der Waals surface area contributed by atoms with Crippen LogP contribution in [-0.2, 0) is 0 Å². The van der Waals surface area contributed by atoms with Gasteiger partial charge < -0.3 is 5.73 Å². The van der Waals surface area contributed by atoms with E-state index in [1.165, 1.54) is 38.5 Å². The third-order valence-electron chi connectivity index (χ3n) is 5.31. The Kier molecular flexibility index (Phi) is 3.87. The van der Waals surface area contributed by atoms with E-state index in [0.717, 1.165) is 23.7 Å². The third-order valence-corrected chi connectivity index (χ3v) is 5.31. The highest BCUT2D eigenvalue weighted by molar-refractivity contribution is 4.96. The van der Waals surface area contributed by atoms with Gasteiger partial charge in [-0.1, -0.05) is 40.5 Å². The average Bonchev–Trinajstić information content (AvgIpc) is 2.13. The highest BCUT2D eigenvalue weighted by atomic mass is 14.7. The van der Waals surface area contributed by atoms with Crippen molar-refractivity contribution in [2.45, 2.75) is 72.3 Å². The Hall–Kier alpha value is -0.0400. The molecule has 2 rings (SSSR count). The second-order valence-corrected chi connectivity index (χ2v) is 7.67. The van der Waals surface area contributed by atoms with Gasteiger partial charge in [0, 0.05) is 6.04 Å². The van der Waals surface area contributed by atoms with E-state index >= 15 is 0 Å². The Morgan fingerprint density at radius 1 is 1.18 bits per heavy atom. The molecule has 2 saturated carbocycles. The maximum atomic E-state index is 6.24. The second-order valence-electron chi connectivity index (χ2n) is 7.67. The van der Waals surface area contributed by atoms with E-state index in [2.05, 4.69) is 27.7 Å². The van der Waals surface area contributed by atoms with Gasteiger partial charge in [0.1, 0.15) is 0 Å². The Balaban J connectivity index is 2.16. The number of hydrogen-bond donors (Lipinski definition) is 1. The standard InChI is InChI=1S/C16H31N/c1-5-6-12-9-16(3,4)10-13-8-14(17)7-11(2)15(12)13/h11-15H,5-10,17H2,1-4H3. The lowest BCUT2D eigenvalue weighted by atomic mass is 9.54. The fourth-order valence-corrected chi connectivity index (χ4v) is 5.11. The minimum absolute atomic E-state index is 0.474. The van der Waals surface area contributed by atoms with Gasteiger partial charge in [-0.25, -0.2) is 0 Å². The van der Waals surface area contributed by atoms with Crippen LogP contribution in [0.25, 0.3) is 0 Å². The van der Waals surface area contributed by atoms with Gasteiger partial charge in [0.15, 0.2) is 0 Å². The maximum Gasteiger partial charge on any atom is 0.00442 e. The van der Waals surface area contributed by atoms with Gasteiger partial charge in [-0.05, 0) is 54.8 Å². The number of fused-ring (bicyclic) bond motifs is 1. The van der Waals surface area contributed by atoms with Crippen LogP contribution in [0.4, 0.5) is 0 Å². The lowest BCUT2D eigenvalue weighted by Gasteiger charge is -2.52. The molecule has 1 heteroatoms. The molecule has 0 aliphatic heterocycles. The first-order chi connectivity index (χ1) is 7.93. The predicted octanol–water partition coefficient (Wildman–Crippen LogP) is 4.21. The first kappa shape index (κ1) is 13.4. The van der Waals surface area contributed by atoms with Crippen LogP contribution < -0.4 is 5.73 Å². The number of hydrogen-bond acceptors (Lipinski definition) is 1. The van der Waals surface area contributed by atoms with Crippen LogP contribution in [0, 0.1) is 29.1 Å². The van der Waals surface area contributed by atoms with Gasteiger partial charge in [0.05, 0.1) is 0 Å². The van der Waals surface area contributed by atoms with Crippen molar-refractivity contribution in [3.8, 4) is 0 Å². The minimum atomic E-state index is 0.474. The molecule has 2 aliphatic rings. The normalized spacial score (nSPS) is 45.4. The molecule has 0 saturated heterocycles. The summed E-state index contributed by atoms with van der Waals surface area (Å²) in [5, 5.41) is 0. The fraction of sp³-hybridized carbons (Fsp3) is 1.00. The molecule has 0 aromatic carbocycles. The van der Waals surface area contributed by atoms with Crippen LogP contribution in [0.5, 0.6) is 0 Å². The van der Waals surface area contributed by atoms with Crippen LogP contribution in [-0.4, -0.2) is 6.04 Å². The van der Waals surface area contributed by atoms with Crippen LogP contribution in [0.1, 0.15) is 66.2 Å². The molecule has 0 amide bonds. The van der Waals surface area contributed by atoms with E-state index in [-0.39, 0.29) is 0 Å². The molecule has 0 spiro atoms. The summed E-state index contributed by atoms with van der Waals surface area (Å²) in [7, 11) is 0. The molecular formula is C16H31N. The van der Waals surface area contributed by atoms with Gasteiger partial charge in [-0.2, -0.15) is 0 Å². The number of nitrogens with two attached hydrogens (primary N) is 1. The summed E-state index contributed by atoms with van der Waals surface area (Å²) in [4.78, 5) is 0. The fourth-order valence-electron chi connectivity index (χ4n) is 5.11. The summed E-state index contributed by atoms with van der Waals surface area (Å²) >= 11 is 0. The lowest BCUT2D eigenvalue weighted by Crippen LogP contribution is -2.47. The summed E-state index contributed by atoms with van der Waals surface area (Å²) < 4.78 is 0. The highest BCUT2D eigenvalue weighted by Crippen LogP contribution is 2.53. The minimum Gasteiger partial charge on any atom is -0.328 e. The van der Waals surface area contributed by atoms with Crippen LogP contribution in [0.15, 0.2) is 0 Å². The molecule has 0 bridgehead atoms. The average molecular weight is 237 g/mol. The SMILES string of the molecule is CCCC1CC(C)(C)CC2CC(N)CC(C)C12. The zero-order chi connectivity index (χ0) is 12.6. The summed E-state index contributed by atoms with van der Waals surface area (Å²) in [6.45, 7) is 9.74. The van der Waals surface area contributed by atoms with Crippen molar-refractivity contribution < 1.29 is 0 Å². The zero-order valence-corrected chi connectivity index (χ0v) is 12.2. The van der Waals surface area contributed by atoms with E-state index in [1.807, 2.05) is 0 Å². The molecule has 17 heavy (non-hydrogen) atoms. The van der Waals surface area contributed by atoms with Crippen LogP contribution in [0.3, 0.4) is 0 Å². The summed E-state index contributed by atoms with van der Waals surface area (Å²) in [5.41, 5.74) is 6.79. The van der Waals surface area contributed by atoms with Gasteiger partial charge in [-0.3, -0.25) is 0 Å². The summed E-state index contributed by atoms with van der Waals surface area (Å²) in [6, 6.07) is 0.474. The van der Waals surface area contributed by atoms with Crippen molar-refractivity contribution in [2.75, 3.05) is 0 Å². The molecular weight excluding hydrogens is 206 g/mol. The van der Waals surface area contributed by atoms with Gasteiger partial charge >= 0.3 is 0 Å². The molecule has 1 nitrogen and oxygen atoms in total. The number of rotatable bonds is 2. The Labute approximate surface area is 108 Å². The molecule has 5 unspecified atom stereocenters. The van der Waals surface area contributed by atoms with Crippen molar-refractivity contribution >= 4 is 0 Å². The smallest absolute Gasteiger partial charge is 0.00442 e. The van der Waals surface area contributed by atoms with Crippen molar-refractivity contribution in [2.24, 2.45) is 34.8 Å². The Morgan fingerprint density at radius 3 is 2.53 bits per heavy atom. The Morgan fingerprint density at radius 2 is 1.88 bits per heavy atom. The van der Waals surface area contributed by atoms with E-state index in [0.29, 0.717) is 11.5 Å². The molecule has 5 atom stereocenters. The molecule has 0 aromatic rings. The molecule has 0 heterocycles. The van der Waals surface area contributed by atoms with Crippen LogP contribution in [0.2, 0.25) is 0 Å². The van der Waals surface area contributed by atoms with E-state index < -0.39 is 0 Å².